The second-order valence-electron chi connectivity index (χ2n) is 4.04. The number of benzene rings is 1. The fourth-order valence-electron chi connectivity index (χ4n) is 1.53. The lowest BCUT2D eigenvalue weighted by molar-refractivity contribution is -0.111. The lowest BCUT2D eigenvalue weighted by Gasteiger charge is -2.01. The molecule has 0 saturated carbocycles. The van der Waals surface area contributed by atoms with Gasteiger partial charge in [0.2, 0.25) is 5.91 Å². The Hall–Kier alpha value is -2.49. The average Bonchev–Trinajstić information content (AvgIpc) is 2.38. The van der Waals surface area contributed by atoms with Crippen LogP contribution in [0.15, 0.2) is 48.5 Å². The van der Waals surface area contributed by atoms with Crippen LogP contribution in [0, 0.1) is 12.7 Å². The van der Waals surface area contributed by atoms with Gasteiger partial charge in [0.25, 0.3) is 0 Å². The van der Waals surface area contributed by atoms with E-state index in [0.29, 0.717) is 5.82 Å². The number of aryl methyl sites for hydroxylation is 1. The van der Waals surface area contributed by atoms with Crippen molar-refractivity contribution in [3.05, 3.63) is 65.6 Å². The average molecular weight is 256 g/mol. The number of halogens is 1. The van der Waals surface area contributed by atoms with E-state index in [0.717, 1.165) is 11.3 Å². The van der Waals surface area contributed by atoms with Gasteiger partial charge in [-0.2, -0.15) is 0 Å². The Morgan fingerprint density at radius 3 is 2.63 bits per heavy atom. The quantitative estimate of drug-likeness (QED) is 0.857. The number of nitrogens with one attached hydrogen (secondary N) is 1. The van der Waals surface area contributed by atoms with Gasteiger partial charge in [-0.15, -0.1) is 0 Å². The summed E-state index contributed by atoms with van der Waals surface area (Å²) >= 11 is 0. The standard InChI is InChI=1S/C15H13FN2O/c1-11-3-2-4-14(17-11)18-15(19)10-7-12-5-8-13(16)9-6-12/h2-10H,1H3,(H,17,18,19). The molecular weight excluding hydrogens is 243 g/mol. The van der Waals surface area contributed by atoms with E-state index in [9.17, 15) is 9.18 Å². The monoisotopic (exact) mass is 256 g/mol. The topological polar surface area (TPSA) is 42.0 Å². The Bertz CT molecular complexity index is 606. The van der Waals surface area contributed by atoms with E-state index in [1.807, 2.05) is 19.1 Å². The molecule has 0 radical (unpaired) electrons. The smallest absolute Gasteiger partial charge is 0.249 e. The largest absolute Gasteiger partial charge is 0.307 e. The second kappa shape index (κ2) is 5.91. The molecule has 0 aliphatic carbocycles. The minimum absolute atomic E-state index is 0.276. The Balaban J connectivity index is 1.99. The molecule has 0 bridgehead atoms. The number of anilines is 1. The number of nitrogens with zero attached hydrogens (tertiary/aromatic N) is 1. The molecule has 4 heteroatoms. The molecule has 1 N–H and O–H groups in total. The van der Waals surface area contributed by atoms with E-state index < -0.39 is 0 Å². The van der Waals surface area contributed by atoms with Crippen LogP contribution in [-0.2, 0) is 4.79 Å². The first-order valence-corrected chi connectivity index (χ1v) is 5.82. The van der Waals surface area contributed by atoms with Crippen LogP contribution >= 0.6 is 0 Å². The van der Waals surface area contributed by atoms with Gasteiger partial charge in [-0.05, 0) is 42.8 Å². The van der Waals surface area contributed by atoms with Crippen molar-refractivity contribution in [3.63, 3.8) is 0 Å². The van der Waals surface area contributed by atoms with Crippen molar-refractivity contribution in [2.75, 3.05) is 5.32 Å². The van der Waals surface area contributed by atoms with Crippen LogP contribution in [0.5, 0.6) is 0 Å². The summed E-state index contributed by atoms with van der Waals surface area (Å²) in [5.74, 6) is -0.0678. The maximum Gasteiger partial charge on any atom is 0.249 e. The number of carbonyl (C=O) groups is 1. The molecule has 0 atom stereocenters. The maximum absolute atomic E-state index is 12.7. The summed E-state index contributed by atoms with van der Waals surface area (Å²) in [5.41, 5.74) is 1.59. The zero-order valence-corrected chi connectivity index (χ0v) is 10.4. The number of carbonyl (C=O) groups excluding carboxylic acids is 1. The molecule has 96 valence electrons. The molecule has 1 amide bonds. The molecule has 1 aromatic heterocycles. The molecule has 0 aliphatic heterocycles. The summed E-state index contributed by atoms with van der Waals surface area (Å²) in [6.07, 6.45) is 3.00. The number of rotatable bonds is 3. The lowest BCUT2D eigenvalue weighted by Crippen LogP contribution is -2.09. The molecule has 0 fully saturated rings. The molecular formula is C15H13FN2O. The predicted molar refractivity (Wildman–Crippen MR) is 73.0 cm³/mol. The molecule has 0 spiro atoms. The minimum atomic E-state index is -0.300. The lowest BCUT2D eigenvalue weighted by atomic mass is 10.2. The number of hydrogen-bond donors (Lipinski definition) is 1. The van der Waals surface area contributed by atoms with Crippen molar-refractivity contribution >= 4 is 17.8 Å². The van der Waals surface area contributed by atoms with Gasteiger partial charge in [-0.3, -0.25) is 4.79 Å². The highest BCUT2D eigenvalue weighted by Gasteiger charge is 1.99. The maximum atomic E-state index is 12.7. The van der Waals surface area contributed by atoms with E-state index in [-0.39, 0.29) is 11.7 Å². The van der Waals surface area contributed by atoms with Gasteiger partial charge in [0, 0.05) is 11.8 Å². The Morgan fingerprint density at radius 2 is 1.95 bits per heavy atom. The zero-order chi connectivity index (χ0) is 13.7. The Labute approximate surface area is 110 Å². The van der Waals surface area contributed by atoms with Gasteiger partial charge in [0.1, 0.15) is 11.6 Å². The SMILES string of the molecule is Cc1cccc(NC(=O)C=Cc2ccc(F)cc2)n1. The fourth-order valence-corrected chi connectivity index (χ4v) is 1.53. The van der Waals surface area contributed by atoms with E-state index in [2.05, 4.69) is 10.3 Å². The first-order valence-electron chi connectivity index (χ1n) is 5.82. The number of pyridine rings is 1. The highest BCUT2D eigenvalue weighted by Crippen LogP contribution is 2.06. The van der Waals surface area contributed by atoms with E-state index in [4.69, 9.17) is 0 Å². The summed E-state index contributed by atoms with van der Waals surface area (Å²) in [6, 6.07) is 11.3. The van der Waals surface area contributed by atoms with Crippen molar-refractivity contribution in [2.24, 2.45) is 0 Å². The van der Waals surface area contributed by atoms with Gasteiger partial charge in [0.05, 0.1) is 0 Å². The van der Waals surface area contributed by atoms with Gasteiger partial charge in [0.15, 0.2) is 0 Å². The molecule has 0 saturated heterocycles. The van der Waals surface area contributed by atoms with E-state index in [1.165, 1.54) is 18.2 Å². The Kier molecular flexibility index (Phi) is 4.03. The van der Waals surface area contributed by atoms with Crippen molar-refractivity contribution < 1.29 is 9.18 Å². The summed E-state index contributed by atoms with van der Waals surface area (Å²) < 4.78 is 12.7. The van der Waals surface area contributed by atoms with Crippen molar-refractivity contribution in [3.8, 4) is 0 Å². The summed E-state index contributed by atoms with van der Waals surface area (Å²) in [5, 5.41) is 2.65. The predicted octanol–water partition coefficient (Wildman–Crippen LogP) is 3.18. The molecule has 1 aromatic carbocycles. The van der Waals surface area contributed by atoms with Crippen LogP contribution in [0.25, 0.3) is 6.08 Å². The highest BCUT2D eigenvalue weighted by atomic mass is 19.1. The molecule has 1 heterocycles. The molecule has 19 heavy (non-hydrogen) atoms. The number of aromatic nitrogens is 1. The number of hydrogen-bond acceptors (Lipinski definition) is 2. The Morgan fingerprint density at radius 1 is 1.21 bits per heavy atom. The van der Waals surface area contributed by atoms with Crippen molar-refractivity contribution in [1.29, 1.82) is 0 Å². The van der Waals surface area contributed by atoms with Crippen LogP contribution in [0.1, 0.15) is 11.3 Å². The van der Waals surface area contributed by atoms with Gasteiger partial charge in [-0.25, -0.2) is 9.37 Å². The molecule has 0 unspecified atom stereocenters. The highest BCUT2D eigenvalue weighted by molar-refractivity contribution is 6.01. The third-order valence-electron chi connectivity index (χ3n) is 2.44. The van der Waals surface area contributed by atoms with Gasteiger partial charge >= 0.3 is 0 Å². The van der Waals surface area contributed by atoms with Gasteiger partial charge in [-0.1, -0.05) is 18.2 Å². The van der Waals surface area contributed by atoms with Crippen molar-refractivity contribution in [1.82, 2.24) is 4.98 Å². The summed E-state index contributed by atoms with van der Waals surface area (Å²) in [4.78, 5) is 15.8. The molecule has 2 aromatic rings. The van der Waals surface area contributed by atoms with Crippen LogP contribution < -0.4 is 5.32 Å². The first-order chi connectivity index (χ1) is 9.13. The fraction of sp³-hybridized carbons (Fsp3) is 0.0667. The van der Waals surface area contributed by atoms with E-state index >= 15 is 0 Å². The van der Waals surface area contributed by atoms with Crippen LogP contribution in [-0.4, -0.2) is 10.9 Å². The molecule has 2 rings (SSSR count). The zero-order valence-electron chi connectivity index (χ0n) is 10.4. The first kappa shape index (κ1) is 13.0. The third kappa shape index (κ3) is 4.03. The molecule has 3 nitrogen and oxygen atoms in total. The van der Waals surface area contributed by atoms with Crippen LogP contribution in [0.2, 0.25) is 0 Å². The normalized spacial score (nSPS) is 10.6. The minimum Gasteiger partial charge on any atom is -0.307 e. The van der Waals surface area contributed by atoms with E-state index in [1.54, 1.807) is 24.3 Å². The van der Waals surface area contributed by atoms with Crippen LogP contribution in [0.3, 0.4) is 0 Å². The second-order valence-corrected chi connectivity index (χ2v) is 4.04. The summed E-state index contributed by atoms with van der Waals surface area (Å²) in [6.45, 7) is 1.85. The van der Waals surface area contributed by atoms with Gasteiger partial charge < -0.3 is 5.32 Å². The van der Waals surface area contributed by atoms with Crippen LogP contribution in [0.4, 0.5) is 10.2 Å². The number of amides is 1. The third-order valence-corrected chi connectivity index (χ3v) is 2.44. The van der Waals surface area contributed by atoms with Crippen molar-refractivity contribution in [2.45, 2.75) is 6.92 Å². The summed E-state index contributed by atoms with van der Waals surface area (Å²) in [7, 11) is 0. The molecule has 0 aliphatic rings.